The minimum atomic E-state index is -0.124. The second-order valence-corrected chi connectivity index (χ2v) is 6.55. The van der Waals surface area contributed by atoms with Gasteiger partial charge in [0.2, 0.25) is 0 Å². The van der Waals surface area contributed by atoms with Gasteiger partial charge in [-0.15, -0.1) is 0 Å². The SMILES string of the molecule is CCCNC(c1ccccc1I)c1c(C)cc(C)cc1F. The van der Waals surface area contributed by atoms with Crippen LogP contribution in [0.1, 0.15) is 41.6 Å². The van der Waals surface area contributed by atoms with Crippen LogP contribution in [-0.4, -0.2) is 6.54 Å². The molecule has 2 rings (SSSR count). The third kappa shape index (κ3) is 3.83. The second-order valence-electron chi connectivity index (χ2n) is 5.39. The van der Waals surface area contributed by atoms with Gasteiger partial charge in [0.1, 0.15) is 5.82 Å². The summed E-state index contributed by atoms with van der Waals surface area (Å²) in [5, 5.41) is 3.50. The normalized spacial score (nSPS) is 12.4. The van der Waals surface area contributed by atoms with Crippen LogP contribution >= 0.6 is 22.6 Å². The lowest BCUT2D eigenvalue weighted by Crippen LogP contribution is -2.25. The monoisotopic (exact) mass is 397 g/mol. The van der Waals surface area contributed by atoms with Gasteiger partial charge in [0.25, 0.3) is 0 Å². The summed E-state index contributed by atoms with van der Waals surface area (Å²) in [6.45, 7) is 6.91. The van der Waals surface area contributed by atoms with Gasteiger partial charge in [-0.2, -0.15) is 0 Å². The first-order valence-corrected chi connectivity index (χ1v) is 8.37. The summed E-state index contributed by atoms with van der Waals surface area (Å²) in [6, 6.07) is 11.7. The molecule has 2 aromatic rings. The van der Waals surface area contributed by atoms with Crippen molar-refractivity contribution in [3.05, 3.63) is 68.0 Å². The lowest BCUT2D eigenvalue weighted by Gasteiger charge is -2.23. The van der Waals surface area contributed by atoms with Crippen LogP contribution < -0.4 is 5.32 Å². The molecule has 21 heavy (non-hydrogen) atoms. The molecule has 0 aromatic heterocycles. The number of benzene rings is 2. The molecule has 0 fully saturated rings. The van der Waals surface area contributed by atoms with Crippen molar-refractivity contribution >= 4 is 22.6 Å². The molecule has 0 radical (unpaired) electrons. The summed E-state index contributed by atoms with van der Waals surface area (Å²) < 4.78 is 15.7. The van der Waals surface area contributed by atoms with E-state index in [9.17, 15) is 4.39 Å². The Balaban J connectivity index is 2.54. The molecule has 2 aromatic carbocycles. The molecule has 1 N–H and O–H groups in total. The molecular formula is C18H21FIN. The highest BCUT2D eigenvalue weighted by molar-refractivity contribution is 14.1. The van der Waals surface area contributed by atoms with E-state index in [2.05, 4.69) is 53.0 Å². The second kappa shape index (κ2) is 7.36. The summed E-state index contributed by atoms with van der Waals surface area (Å²) in [6.07, 6.45) is 1.02. The van der Waals surface area contributed by atoms with Crippen molar-refractivity contribution in [2.45, 2.75) is 33.2 Å². The lowest BCUT2D eigenvalue weighted by atomic mass is 9.93. The predicted molar refractivity (Wildman–Crippen MR) is 95.2 cm³/mol. The first kappa shape index (κ1) is 16.4. The van der Waals surface area contributed by atoms with E-state index in [1.165, 1.54) is 0 Å². The molecule has 1 nitrogen and oxygen atoms in total. The fourth-order valence-electron chi connectivity index (χ4n) is 2.66. The van der Waals surface area contributed by atoms with Gasteiger partial charge in [-0.3, -0.25) is 0 Å². The summed E-state index contributed by atoms with van der Waals surface area (Å²) >= 11 is 2.32. The highest BCUT2D eigenvalue weighted by atomic mass is 127. The van der Waals surface area contributed by atoms with E-state index < -0.39 is 0 Å². The van der Waals surface area contributed by atoms with Crippen molar-refractivity contribution in [3.63, 3.8) is 0 Å². The van der Waals surface area contributed by atoms with Gasteiger partial charge in [-0.25, -0.2) is 4.39 Å². The van der Waals surface area contributed by atoms with Crippen LogP contribution in [0.3, 0.4) is 0 Å². The van der Waals surface area contributed by atoms with Crippen LogP contribution in [0.25, 0.3) is 0 Å². The van der Waals surface area contributed by atoms with Crippen molar-refractivity contribution in [2.24, 2.45) is 0 Å². The zero-order valence-corrected chi connectivity index (χ0v) is 14.9. The molecule has 3 heteroatoms. The quantitative estimate of drug-likeness (QED) is 0.690. The molecule has 0 saturated carbocycles. The van der Waals surface area contributed by atoms with Gasteiger partial charge in [-0.05, 0) is 78.2 Å². The van der Waals surface area contributed by atoms with Gasteiger partial charge < -0.3 is 5.32 Å². The predicted octanol–water partition coefficient (Wildman–Crippen LogP) is 5.14. The average Bonchev–Trinajstić information content (AvgIpc) is 2.42. The first-order chi connectivity index (χ1) is 10.0. The summed E-state index contributed by atoms with van der Waals surface area (Å²) in [5.41, 5.74) is 3.86. The van der Waals surface area contributed by atoms with Gasteiger partial charge in [-0.1, -0.05) is 31.2 Å². The van der Waals surface area contributed by atoms with Crippen LogP contribution in [0.5, 0.6) is 0 Å². The van der Waals surface area contributed by atoms with E-state index in [0.29, 0.717) is 0 Å². The zero-order valence-electron chi connectivity index (χ0n) is 12.7. The summed E-state index contributed by atoms with van der Waals surface area (Å²) in [4.78, 5) is 0. The van der Waals surface area contributed by atoms with Crippen LogP contribution in [0, 0.1) is 23.2 Å². The van der Waals surface area contributed by atoms with E-state index in [-0.39, 0.29) is 11.9 Å². The Morgan fingerprint density at radius 1 is 1.19 bits per heavy atom. The fraction of sp³-hybridized carbons (Fsp3) is 0.333. The van der Waals surface area contributed by atoms with E-state index in [1.54, 1.807) is 6.07 Å². The van der Waals surface area contributed by atoms with E-state index >= 15 is 0 Å². The zero-order chi connectivity index (χ0) is 15.4. The third-order valence-corrected chi connectivity index (χ3v) is 4.57. The molecule has 0 saturated heterocycles. The Morgan fingerprint density at radius 3 is 2.52 bits per heavy atom. The number of hydrogen-bond donors (Lipinski definition) is 1. The Labute approximate surface area is 140 Å². The molecule has 0 bridgehead atoms. The van der Waals surface area contributed by atoms with Gasteiger partial charge in [0, 0.05) is 9.13 Å². The molecular weight excluding hydrogens is 376 g/mol. The highest BCUT2D eigenvalue weighted by Gasteiger charge is 2.21. The molecule has 0 aliphatic carbocycles. The molecule has 0 spiro atoms. The molecule has 1 unspecified atom stereocenters. The van der Waals surface area contributed by atoms with E-state index in [4.69, 9.17) is 0 Å². The average molecular weight is 397 g/mol. The number of hydrogen-bond acceptors (Lipinski definition) is 1. The van der Waals surface area contributed by atoms with Crippen LogP contribution in [0.15, 0.2) is 36.4 Å². The van der Waals surface area contributed by atoms with Crippen LogP contribution in [0.2, 0.25) is 0 Å². The number of rotatable bonds is 5. The van der Waals surface area contributed by atoms with Crippen LogP contribution in [-0.2, 0) is 0 Å². The van der Waals surface area contributed by atoms with Crippen molar-refractivity contribution < 1.29 is 4.39 Å². The van der Waals surface area contributed by atoms with Gasteiger partial charge in [0.15, 0.2) is 0 Å². The summed E-state index contributed by atoms with van der Waals surface area (Å²) in [5.74, 6) is -0.124. The van der Waals surface area contributed by atoms with Gasteiger partial charge >= 0.3 is 0 Å². The molecule has 0 aliphatic heterocycles. The third-order valence-electron chi connectivity index (χ3n) is 3.58. The highest BCUT2D eigenvalue weighted by Crippen LogP contribution is 2.31. The standard InChI is InChI=1S/C18H21FIN/c1-4-9-21-18(14-7-5-6-8-16(14)20)17-13(3)10-12(2)11-15(17)19/h5-8,10-11,18,21H,4,9H2,1-3H3. The van der Waals surface area contributed by atoms with Gasteiger partial charge in [0.05, 0.1) is 6.04 Å². The Hall–Kier alpha value is -0.940. The lowest BCUT2D eigenvalue weighted by molar-refractivity contribution is 0.542. The largest absolute Gasteiger partial charge is 0.306 e. The topological polar surface area (TPSA) is 12.0 Å². The maximum atomic E-state index is 14.6. The molecule has 0 heterocycles. The number of halogens is 2. The van der Waals surface area contributed by atoms with Crippen molar-refractivity contribution in [3.8, 4) is 0 Å². The van der Waals surface area contributed by atoms with Crippen LogP contribution in [0.4, 0.5) is 4.39 Å². The van der Waals surface area contributed by atoms with E-state index in [1.807, 2.05) is 26.0 Å². The van der Waals surface area contributed by atoms with Crippen molar-refractivity contribution in [1.29, 1.82) is 0 Å². The van der Waals surface area contributed by atoms with E-state index in [0.717, 1.165) is 38.8 Å². The Bertz CT molecular complexity index is 601. The van der Waals surface area contributed by atoms with Crippen molar-refractivity contribution in [1.82, 2.24) is 5.32 Å². The number of nitrogens with one attached hydrogen (secondary N) is 1. The maximum absolute atomic E-state index is 14.6. The van der Waals surface area contributed by atoms with Crippen molar-refractivity contribution in [2.75, 3.05) is 6.54 Å². The maximum Gasteiger partial charge on any atom is 0.128 e. The minimum absolute atomic E-state index is 0.0985. The Morgan fingerprint density at radius 2 is 1.90 bits per heavy atom. The summed E-state index contributed by atoms with van der Waals surface area (Å²) in [7, 11) is 0. The number of aryl methyl sites for hydroxylation is 2. The molecule has 0 aliphatic rings. The fourth-order valence-corrected chi connectivity index (χ4v) is 3.36. The molecule has 1 atom stereocenters. The minimum Gasteiger partial charge on any atom is -0.306 e. The first-order valence-electron chi connectivity index (χ1n) is 7.29. The molecule has 0 amide bonds. The Kier molecular flexibility index (Phi) is 5.76. The molecule has 112 valence electrons. The smallest absolute Gasteiger partial charge is 0.128 e.